The molecule has 0 radical (unpaired) electrons. The van der Waals surface area contributed by atoms with Crippen LogP contribution in [-0.2, 0) is 19.5 Å². The molecule has 5 heteroatoms. The SMILES string of the molecule is [Cl-].[Cl-].[Cl-].[K+].[Zn+2]. The van der Waals surface area contributed by atoms with Crippen molar-refractivity contribution < 1.29 is 108 Å². The first-order chi connectivity index (χ1) is 0. The summed E-state index contributed by atoms with van der Waals surface area (Å²) in [5, 5.41) is 0. The van der Waals surface area contributed by atoms with Crippen LogP contribution in [0.4, 0.5) is 0 Å². The summed E-state index contributed by atoms with van der Waals surface area (Å²) in [7, 11) is 0. The van der Waals surface area contributed by atoms with E-state index in [1.807, 2.05) is 0 Å². The molecule has 0 amide bonds. The van der Waals surface area contributed by atoms with Crippen LogP contribution < -0.4 is 88.6 Å². The van der Waals surface area contributed by atoms with E-state index in [4.69, 9.17) is 0 Å². The summed E-state index contributed by atoms with van der Waals surface area (Å²) in [5.41, 5.74) is 0. The third-order valence-electron chi connectivity index (χ3n) is 0. The molecule has 0 aliphatic rings. The monoisotopic (exact) mass is 208 g/mol. The van der Waals surface area contributed by atoms with Gasteiger partial charge in [0.25, 0.3) is 0 Å². The molecule has 0 atom stereocenters. The van der Waals surface area contributed by atoms with Crippen LogP contribution in [0.15, 0.2) is 0 Å². The van der Waals surface area contributed by atoms with Gasteiger partial charge < -0.3 is 37.2 Å². The van der Waals surface area contributed by atoms with Crippen molar-refractivity contribution in [2.24, 2.45) is 0 Å². The Balaban J connectivity index is 0. The van der Waals surface area contributed by atoms with E-state index in [1.165, 1.54) is 0 Å². The van der Waals surface area contributed by atoms with Crippen LogP contribution in [0.25, 0.3) is 0 Å². The Kier molecular flexibility index (Phi) is 231. The summed E-state index contributed by atoms with van der Waals surface area (Å²) in [6.45, 7) is 0. The fourth-order valence-corrected chi connectivity index (χ4v) is 0. The Morgan fingerprint density at radius 3 is 0.600 bits per heavy atom. The molecule has 24 valence electrons. The van der Waals surface area contributed by atoms with Crippen LogP contribution >= 0.6 is 0 Å². The Morgan fingerprint density at radius 2 is 0.600 bits per heavy atom. The minimum Gasteiger partial charge on any atom is -1.00 e. The summed E-state index contributed by atoms with van der Waals surface area (Å²) in [4.78, 5) is 0. The second-order valence-corrected chi connectivity index (χ2v) is 0. The zero-order valence-corrected chi connectivity index (χ0v) is 11.2. The van der Waals surface area contributed by atoms with E-state index >= 15 is 0 Å². The second kappa shape index (κ2) is 27.3. The molecular formula is Cl3KZn. The maximum Gasteiger partial charge on any atom is 2.00 e. The van der Waals surface area contributed by atoms with Gasteiger partial charge >= 0.3 is 70.9 Å². The summed E-state index contributed by atoms with van der Waals surface area (Å²) >= 11 is 0. The zero-order valence-electron chi connectivity index (χ0n) is 2.84. The van der Waals surface area contributed by atoms with E-state index in [0.717, 1.165) is 0 Å². The van der Waals surface area contributed by atoms with E-state index in [9.17, 15) is 0 Å². The van der Waals surface area contributed by atoms with Gasteiger partial charge in [-0.2, -0.15) is 0 Å². The van der Waals surface area contributed by atoms with Crippen molar-refractivity contribution in [1.82, 2.24) is 0 Å². The molecule has 0 bridgehead atoms. The Labute approximate surface area is 106 Å². The second-order valence-electron chi connectivity index (χ2n) is 0. The normalized spacial score (nSPS) is 0. The molecule has 0 heterocycles. The molecule has 0 aliphatic carbocycles. The van der Waals surface area contributed by atoms with Gasteiger partial charge in [-0.1, -0.05) is 0 Å². The quantitative estimate of drug-likeness (QED) is 0.349. The van der Waals surface area contributed by atoms with E-state index in [2.05, 4.69) is 0 Å². The zero-order chi connectivity index (χ0) is 0. The number of halogens is 3. The predicted octanol–water partition coefficient (Wildman–Crippen LogP) is -12.0. The van der Waals surface area contributed by atoms with Gasteiger partial charge in [0.15, 0.2) is 0 Å². The number of hydrogen-bond donors (Lipinski definition) is 0. The predicted molar refractivity (Wildman–Crippen MR) is 0 cm³/mol. The first kappa shape index (κ1) is 42.2. The molecule has 0 aliphatic heterocycles. The fraction of sp³-hybridized carbons (Fsp3) is 0. The standard InChI is InChI=1S/3ClH.K.Zn/h3*1H;;/q;;;+1;+2/p-3. The van der Waals surface area contributed by atoms with Gasteiger partial charge in [0.2, 0.25) is 0 Å². The molecule has 5 heavy (non-hydrogen) atoms. The van der Waals surface area contributed by atoms with Crippen LogP contribution in [0.2, 0.25) is 0 Å². The van der Waals surface area contributed by atoms with Gasteiger partial charge in [-0.3, -0.25) is 0 Å². The molecule has 0 N–H and O–H groups in total. The summed E-state index contributed by atoms with van der Waals surface area (Å²) in [5.74, 6) is 0. The largest absolute Gasteiger partial charge is 2.00 e. The smallest absolute Gasteiger partial charge is 1.00 e. The number of hydrogen-bond acceptors (Lipinski definition) is 0. The summed E-state index contributed by atoms with van der Waals surface area (Å²) in [6.07, 6.45) is 0. The molecular weight excluding hydrogens is 211 g/mol. The maximum absolute atomic E-state index is 0. The number of rotatable bonds is 0. The molecule has 0 saturated heterocycles. The molecule has 0 nitrogen and oxygen atoms in total. The van der Waals surface area contributed by atoms with E-state index in [-0.39, 0.29) is 108 Å². The molecule has 0 aromatic heterocycles. The Bertz CT molecular complexity index is 6.85. The van der Waals surface area contributed by atoms with Gasteiger partial charge in [-0.15, -0.1) is 0 Å². The minimum absolute atomic E-state index is 0. The van der Waals surface area contributed by atoms with E-state index < -0.39 is 0 Å². The van der Waals surface area contributed by atoms with Gasteiger partial charge in [0.1, 0.15) is 0 Å². The van der Waals surface area contributed by atoms with Crippen molar-refractivity contribution in [3.8, 4) is 0 Å². The fourth-order valence-electron chi connectivity index (χ4n) is 0. The van der Waals surface area contributed by atoms with Gasteiger partial charge in [0, 0.05) is 0 Å². The van der Waals surface area contributed by atoms with Crippen molar-refractivity contribution in [3.05, 3.63) is 0 Å². The van der Waals surface area contributed by atoms with Crippen LogP contribution in [0, 0.1) is 0 Å². The molecule has 0 saturated carbocycles. The van der Waals surface area contributed by atoms with Crippen molar-refractivity contribution in [1.29, 1.82) is 0 Å². The minimum atomic E-state index is 0. The van der Waals surface area contributed by atoms with Gasteiger partial charge in [0.05, 0.1) is 0 Å². The van der Waals surface area contributed by atoms with Gasteiger partial charge in [-0.05, 0) is 0 Å². The maximum atomic E-state index is 0. The average Bonchev–Trinajstić information content (AvgIpc) is 0. The first-order valence-electron chi connectivity index (χ1n) is 0. The van der Waals surface area contributed by atoms with Crippen molar-refractivity contribution in [2.45, 2.75) is 0 Å². The third kappa shape index (κ3) is 19.2. The van der Waals surface area contributed by atoms with Gasteiger partial charge in [-0.25, -0.2) is 0 Å². The summed E-state index contributed by atoms with van der Waals surface area (Å²) in [6, 6.07) is 0. The van der Waals surface area contributed by atoms with Crippen LogP contribution in [0.3, 0.4) is 0 Å². The van der Waals surface area contributed by atoms with Crippen molar-refractivity contribution in [2.75, 3.05) is 0 Å². The van der Waals surface area contributed by atoms with Crippen LogP contribution in [0.5, 0.6) is 0 Å². The molecule has 0 spiro atoms. The third-order valence-corrected chi connectivity index (χ3v) is 0. The van der Waals surface area contributed by atoms with Crippen LogP contribution in [-0.4, -0.2) is 0 Å². The molecule has 0 unspecified atom stereocenters. The van der Waals surface area contributed by atoms with Crippen LogP contribution in [0.1, 0.15) is 0 Å². The molecule has 0 fully saturated rings. The average molecular weight is 211 g/mol. The topological polar surface area (TPSA) is 0 Å². The Morgan fingerprint density at radius 1 is 0.600 bits per heavy atom. The van der Waals surface area contributed by atoms with E-state index in [1.54, 1.807) is 0 Å². The molecule has 0 aromatic carbocycles. The first-order valence-corrected chi connectivity index (χ1v) is 0. The molecule has 0 aromatic rings. The summed E-state index contributed by atoms with van der Waals surface area (Å²) < 4.78 is 0. The van der Waals surface area contributed by atoms with Crippen molar-refractivity contribution >= 4 is 0 Å². The van der Waals surface area contributed by atoms with E-state index in [0.29, 0.717) is 0 Å². The molecule has 0 rings (SSSR count). The van der Waals surface area contributed by atoms with Crippen molar-refractivity contribution in [3.63, 3.8) is 0 Å². The Hall–Kier alpha value is 3.13.